The molecule has 0 unspecified atom stereocenters. The Hall–Kier alpha value is -3.28. The molecular formula is C29H28ClN3OS. The van der Waals surface area contributed by atoms with E-state index in [1.807, 2.05) is 48.5 Å². The van der Waals surface area contributed by atoms with E-state index < -0.39 is 0 Å². The molecule has 1 amide bonds. The molecule has 1 N–H and O–H groups in total. The van der Waals surface area contributed by atoms with Crippen molar-refractivity contribution in [2.75, 3.05) is 0 Å². The Morgan fingerprint density at radius 1 is 0.971 bits per heavy atom. The molecule has 0 atom stereocenters. The Kier molecular flexibility index (Phi) is 7.79. The number of hydrogen-bond acceptors (Lipinski definition) is 3. The van der Waals surface area contributed by atoms with Crippen molar-refractivity contribution in [2.45, 2.75) is 38.3 Å². The van der Waals surface area contributed by atoms with Gasteiger partial charge in [0.1, 0.15) is 0 Å². The Balaban J connectivity index is 1.38. The third kappa shape index (κ3) is 6.05. The number of carbonyl (C=O) groups excluding carboxylic acids is 1. The van der Waals surface area contributed by atoms with E-state index in [1.165, 1.54) is 11.1 Å². The molecule has 35 heavy (non-hydrogen) atoms. The molecule has 0 fully saturated rings. The molecule has 0 saturated carbocycles. The summed E-state index contributed by atoms with van der Waals surface area (Å²) in [5, 5.41) is 4.95. The second-order valence-corrected chi connectivity index (χ2v) is 10.1. The fraction of sp³-hybridized carbons (Fsp3) is 0.172. The smallest absolute Gasteiger partial charge is 0.271 e. The van der Waals surface area contributed by atoms with Gasteiger partial charge in [0.05, 0.1) is 6.21 Å². The number of halogens is 1. The maximum atomic E-state index is 12.6. The number of aromatic nitrogens is 1. The first kappa shape index (κ1) is 24.8. The van der Waals surface area contributed by atoms with Crippen molar-refractivity contribution >= 4 is 35.5 Å². The molecule has 1 heterocycles. The monoisotopic (exact) mass is 501 g/mol. The summed E-state index contributed by atoms with van der Waals surface area (Å²) in [7, 11) is 0. The number of amides is 1. The third-order valence-electron chi connectivity index (χ3n) is 5.87. The standard InChI is InChI=1S/C29H28ClN3OS/c1-19-5-14-28(20(2)15-19)33-21(3)16-25(22(33)4)17-31-32-29(34)24-8-6-23(7-9-24)18-35-27-12-10-26(30)11-13-27/h5-17H,18H2,1-4H3,(H,32,34)/b31-17-. The van der Waals surface area contributed by atoms with Crippen molar-refractivity contribution in [3.63, 3.8) is 0 Å². The number of thioether (sulfide) groups is 1. The maximum Gasteiger partial charge on any atom is 0.271 e. The zero-order valence-electron chi connectivity index (χ0n) is 20.3. The number of hydrazone groups is 1. The van der Waals surface area contributed by atoms with Gasteiger partial charge >= 0.3 is 0 Å². The lowest BCUT2D eigenvalue weighted by Gasteiger charge is -2.13. The SMILES string of the molecule is Cc1ccc(-n2c(C)cc(/C=N\NC(=O)c3ccc(CSc4ccc(Cl)cc4)cc3)c2C)c(C)c1. The molecule has 0 aliphatic rings. The number of nitrogens with zero attached hydrogens (tertiary/aromatic N) is 2. The summed E-state index contributed by atoms with van der Waals surface area (Å²) in [4.78, 5) is 13.7. The van der Waals surface area contributed by atoms with Gasteiger partial charge in [-0.3, -0.25) is 4.79 Å². The van der Waals surface area contributed by atoms with Gasteiger partial charge in [-0.2, -0.15) is 5.10 Å². The van der Waals surface area contributed by atoms with E-state index in [0.717, 1.165) is 43.9 Å². The van der Waals surface area contributed by atoms with Crippen LogP contribution in [0.4, 0.5) is 0 Å². The van der Waals surface area contributed by atoms with Gasteiger partial charge < -0.3 is 4.57 Å². The quantitative estimate of drug-likeness (QED) is 0.163. The van der Waals surface area contributed by atoms with Crippen LogP contribution in [0.3, 0.4) is 0 Å². The lowest BCUT2D eigenvalue weighted by molar-refractivity contribution is 0.0955. The summed E-state index contributed by atoms with van der Waals surface area (Å²) in [6.07, 6.45) is 1.71. The highest BCUT2D eigenvalue weighted by Gasteiger charge is 2.12. The summed E-state index contributed by atoms with van der Waals surface area (Å²) >= 11 is 7.67. The number of carbonyl (C=O) groups is 1. The van der Waals surface area contributed by atoms with Crippen LogP contribution < -0.4 is 5.43 Å². The highest BCUT2D eigenvalue weighted by atomic mass is 35.5. The molecule has 0 spiro atoms. The van der Waals surface area contributed by atoms with Crippen LogP contribution >= 0.6 is 23.4 Å². The van der Waals surface area contributed by atoms with Gasteiger partial charge in [-0.1, -0.05) is 41.4 Å². The van der Waals surface area contributed by atoms with Gasteiger partial charge in [-0.25, -0.2) is 5.43 Å². The predicted octanol–water partition coefficient (Wildman–Crippen LogP) is 7.42. The van der Waals surface area contributed by atoms with Crippen LogP contribution in [-0.2, 0) is 5.75 Å². The molecule has 4 aromatic rings. The first-order valence-electron chi connectivity index (χ1n) is 11.4. The fourth-order valence-electron chi connectivity index (χ4n) is 4.02. The molecule has 178 valence electrons. The van der Waals surface area contributed by atoms with Crippen LogP contribution in [0.15, 0.2) is 82.8 Å². The molecule has 0 saturated heterocycles. The van der Waals surface area contributed by atoms with Gasteiger partial charge in [0.2, 0.25) is 0 Å². The number of rotatable bonds is 7. The molecule has 4 rings (SSSR count). The molecule has 0 aliphatic heterocycles. The molecule has 3 aromatic carbocycles. The van der Waals surface area contributed by atoms with E-state index in [-0.39, 0.29) is 5.91 Å². The van der Waals surface area contributed by atoms with Crippen molar-refractivity contribution in [3.05, 3.63) is 117 Å². The predicted molar refractivity (Wildman–Crippen MR) is 147 cm³/mol. The second-order valence-electron chi connectivity index (χ2n) is 8.59. The van der Waals surface area contributed by atoms with Crippen LogP contribution in [0.25, 0.3) is 5.69 Å². The average Bonchev–Trinajstić information content (AvgIpc) is 3.12. The minimum atomic E-state index is -0.235. The Labute approximate surface area is 216 Å². The van der Waals surface area contributed by atoms with Gasteiger partial charge in [-0.15, -0.1) is 11.8 Å². The molecule has 0 radical (unpaired) electrons. The zero-order chi connectivity index (χ0) is 24.9. The Bertz CT molecular complexity index is 1370. The highest BCUT2D eigenvalue weighted by Crippen LogP contribution is 2.25. The lowest BCUT2D eigenvalue weighted by Crippen LogP contribution is -2.17. The Morgan fingerprint density at radius 3 is 2.37 bits per heavy atom. The summed E-state index contributed by atoms with van der Waals surface area (Å²) in [5.74, 6) is 0.582. The molecule has 0 bridgehead atoms. The molecule has 6 heteroatoms. The second kappa shape index (κ2) is 11.0. The van der Waals surface area contributed by atoms with Gasteiger partial charge in [0.15, 0.2) is 0 Å². The van der Waals surface area contributed by atoms with Crippen LogP contribution in [0.5, 0.6) is 0 Å². The minimum absolute atomic E-state index is 0.235. The van der Waals surface area contributed by atoms with Crippen LogP contribution in [0.1, 0.15) is 44.0 Å². The van der Waals surface area contributed by atoms with Crippen molar-refractivity contribution in [3.8, 4) is 5.69 Å². The van der Waals surface area contributed by atoms with Crippen LogP contribution in [-0.4, -0.2) is 16.7 Å². The zero-order valence-corrected chi connectivity index (χ0v) is 21.9. The number of benzene rings is 3. The lowest BCUT2D eigenvalue weighted by atomic mass is 10.1. The fourth-order valence-corrected chi connectivity index (χ4v) is 5.00. The van der Waals surface area contributed by atoms with Crippen molar-refractivity contribution < 1.29 is 4.79 Å². The van der Waals surface area contributed by atoms with E-state index in [4.69, 9.17) is 11.6 Å². The third-order valence-corrected chi connectivity index (χ3v) is 7.20. The van der Waals surface area contributed by atoms with Crippen molar-refractivity contribution in [2.24, 2.45) is 5.10 Å². The van der Waals surface area contributed by atoms with Crippen LogP contribution in [0, 0.1) is 27.7 Å². The molecule has 1 aromatic heterocycles. The summed E-state index contributed by atoms with van der Waals surface area (Å²) in [5.41, 5.74) is 11.2. The summed E-state index contributed by atoms with van der Waals surface area (Å²) < 4.78 is 2.22. The molecular weight excluding hydrogens is 474 g/mol. The first-order valence-corrected chi connectivity index (χ1v) is 12.8. The maximum absolute atomic E-state index is 12.6. The normalized spacial score (nSPS) is 11.2. The van der Waals surface area contributed by atoms with E-state index >= 15 is 0 Å². The van der Waals surface area contributed by atoms with E-state index in [9.17, 15) is 4.79 Å². The van der Waals surface area contributed by atoms with Gasteiger partial charge in [0, 0.05) is 43.9 Å². The average molecular weight is 502 g/mol. The van der Waals surface area contributed by atoms with Crippen LogP contribution in [0.2, 0.25) is 5.02 Å². The summed E-state index contributed by atoms with van der Waals surface area (Å²) in [6, 6.07) is 23.9. The summed E-state index contributed by atoms with van der Waals surface area (Å²) in [6.45, 7) is 8.36. The van der Waals surface area contributed by atoms with E-state index in [1.54, 1.807) is 18.0 Å². The van der Waals surface area contributed by atoms with E-state index in [0.29, 0.717) is 5.56 Å². The number of aryl methyl sites for hydroxylation is 3. The number of nitrogens with one attached hydrogen (secondary N) is 1. The minimum Gasteiger partial charge on any atom is -0.318 e. The first-order chi connectivity index (χ1) is 16.8. The topological polar surface area (TPSA) is 46.4 Å². The van der Waals surface area contributed by atoms with Crippen molar-refractivity contribution in [1.29, 1.82) is 0 Å². The largest absolute Gasteiger partial charge is 0.318 e. The van der Waals surface area contributed by atoms with Gasteiger partial charge in [0.25, 0.3) is 5.91 Å². The highest BCUT2D eigenvalue weighted by molar-refractivity contribution is 7.98. The van der Waals surface area contributed by atoms with Gasteiger partial charge in [-0.05, 0) is 87.4 Å². The Morgan fingerprint density at radius 2 is 1.69 bits per heavy atom. The molecule has 0 aliphatic carbocycles. The molecule has 4 nitrogen and oxygen atoms in total. The van der Waals surface area contributed by atoms with Crippen molar-refractivity contribution in [1.82, 2.24) is 9.99 Å². The number of hydrogen-bond donors (Lipinski definition) is 1. The van der Waals surface area contributed by atoms with E-state index in [2.05, 4.69) is 67.1 Å².